The molecule has 0 saturated heterocycles. The molecule has 0 radical (unpaired) electrons. The van der Waals surface area contributed by atoms with Crippen molar-refractivity contribution in [1.82, 2.24) is 10.6 Å². The molecule has 94 valence electrons. The molecule has 4 aliphatic rings. The van der Waals surface area contributed by atoms with Crippen LogP contribution in [0.25, 0.3) is 0 Å². The molecule has 0 aromatic rings. The molecular weight excluding hydrogens is 212 g/mol. The molecule has 1 amide bonds. The van der Waals surface area contributed by atoms with Gasteiger partial charge in [0.05, 0.1) is 0 Å². The molecule has 4 aliphatic carbocycles. The summed E-state index contributed by atoms with van der Waals surface area (Å²) in [5.41, 5.74) is 0. The second kappa shape index (κ2) is 3.71. The third kappa shape index (κ3) is 1.79. The van der Waals surface area contributed by atoms with E-state index in [0.717, 1.165) is 36.3 Å². The van der Waals surface area contributed by atoms with E-state index in [4.69, 9.17) is 0 Å². The molecule has 2 N–H and O–H groups in total. The number of fused-ring (bicyclic) bond motifs is 5. The molecule has 0 heterocycles. The van der Waals surface area contributed by atoms with Gasteiger partial charge in [-0.1, -0.05) is 0 Å². The van der Waals surface area contributed by atoms with Gasteiger partial charge in [-0.05, 0) is 55.8 Å². The van der Waals surface area contributed by atoms with Gasteiger partial charge in [0, 0.05) is 25.0 Å². The van der Waals surface area contributed by atoms with Crippen LogP contribution >= 0.6 is 0 Å². The fourth-order valence-corrected chi connectivity index (χ4v) is 4.48. The van der Waals surface area contributed by atoms with Gasteiger partial charge < -0.3 is 10.6 Å². The predicted molar refractivity (Wildman–Crippen MR) is 65.4 cm³/mol. The average molecular weight is 234 g/mol. The Morgan fingerprint density at radius 1 is 1.06 bits per heavy atom. The van der Waals surface area contributed by atoms with Crippen molar-refractivity contribution in [2.24, 2.45) is 23.7 Å². The number of carbonyl (C=O) groups excluding carboxylic acids is 1. The lowest BCUT2D eigenvalue weighted by molar-refractivity contribution is -0.121. The zero-order chi connectivity index (χ0) is 11.4. The van der Waals surface area contributed by atoms with Gasteiger partial charge in [-0.3, -0.25) is 4.79 Å². The van der Waals surface area contributed by atoms with E-state index in [9.17, 15) is 4.79 Å². The number of rotatable bonds is 5. The summed E-state index contributed by atoms with van der Waals surface area (Å²) in [4.78, 5) is 11.5. The molecule has 0 aromatic carbocycles. The van der Waals surface area contributed by atoms with Crippen molar-refractivity contribution in [3.8, 4) is 0 Å². The zero-order valence-electron chi connectivity index (χ0n) is 10.3. The first-order chi connectivity index (χ1) is 8.33. The molecule has 4 saturated carbocycles. The number of nitrogens with one attached hydrogen (secondary N) is 2. The largest absolute Gasteiger partial charge is 0.353 e. The fraction of sp³-hybridized carbons (Fsp3) is 0.929. The van der Waals surface area contributed by atoms with Crippen LogP contribution in [-0.4, -0.2) is 24.5 Å². The summed E-state index contributed by atoms with van der Waals surface area (Å²) in [5, 5.41) is 6.67. The van der Waals surface area contributed by atoms with Crippen LogP contribution in [0, 0.1) is 23.7 Å². The normalized spacial score (nSPS) is 45.8. The summed E-state index contributed by atoms with van der Waals surface area (Å²) in [6.07, 6.45) is 7.51. The van der Waals surface area contributed by atoms with Gasteiger partial charge in [0.2, 0.25) is 5.91 Å². The molecule has 3 nitrogen and oxygen atoms in total. The van der Waals surface area contributed by atoms with Gasteiger partial charge in [-0.15, -0.1) is 0 Å². The number of hydrogen-bond donors (Lipinski definition) is 2. The van der Waals surface area contributed by atoms with Gasteiger partial charge in [-0.2, -0.15) is 0 Å². The van der Waals surface area contributed by atoms with Gasteiger partial charge in [0.1, 0.15) is 0 Å². The zero-order valence-corrected chi connectivity index (χ0v) is 10.3. The van der Waals surface area contributed by atoms with Crippen LogP contribution in [0.15, 0.2) is 0 Å². The predicted octanol–water partition coefficient (Wildman–Crippen LogP) is 1.29. The van der Waals surface area contributed by atoms with Crippen molar-refractivity contribution in [3.63, 3.8) is 0 Å². The van der Waals surface area contributed by atoms with Crippen LogP contribution in [-0.2, 0) is 4.79 Å². The molecular formula is C14H22N2O. The molecule has 0 aliphatic heterocycles. The molecule has 4 rings (SSSR count). The Hall–Kier alpha value is -0.570. The lowest BCUT2D eigenvalue weighted by atomic mass is 10.0. The molecule has 3 heteroatoms. The SMILES string of the molecule is O=C(CCNC1C2C3CCC(C3)C12)NC1CC1. The Morgan fingerprint density at radius 3 is 2.41 bits per heavy atom. The Kier molecular flexibility index (Phi) is 2.26. The molecule has 4 fully saturated rings. The van der Waals surface area contributed by atoms with Crippen LogP contribution in [0.1, 0.15) is 38.5 Å². The third-order valence-corrected chi connectivity index (χ3v) is 5.41. The molecule has 0 aromatic heterocycles. The van der Waals surface area contributed by atoms with Crippen LogP contribution in [0.2, 0.25) is 0 Å². The van der Waals surface area contributed by atoms with Gasteiger partial charge in [0.15, 0.2) is 0 Å². The van der Waals surface area contributed by atoms with Crippen LogP contribution < -0.4 is 10.6 Å². The first-order valence-corrected chi connectivity index (χ1v) is 7.35. The van der Waals surface area contributed by atoms with Crippen LogP contribution in [0.5, 0.6) is 0 Å². The van der Waals surface area contributed by atoms with Crippen molar-refractivity contribution < 1.29 is 4.79 Å². The molecule has 4 atom stereocenters. The molecule has 17 heavy (non-hydrogen) atoms. The maximum Gasteiger partial charge on any atom is 0.221 e. The van der Waals surface area contributed by atoms with E-state index in [2.05, 4.69) is 10.6 Å². The van der Waals surface area contributed by atoms with E-state index < -0.39 is 0 Å². The van der Waals surface area contributed by atoms with Crippen molar-refractivity contribution in [3.05, 3.63) is 0 Å². The Bertz CT molecular complexity index is 323. The summed E-state index contributed by atoms with van der Waals surface area (Å²) < 4.78 is 0. The van der Waals surface area contributed by atoms with Gasteiger partial charge in [-0.25, -0.2) is 0 Å². The lowest BCUT2D eigenvalue weighted by Gasteiger charge is -2.10. The van der Waals surface area contributed by atoms with Crippen molar-refractivity contribution in [1.29, 1.82) is 0 Å². The van der Waals surface area contributed by atoms with E-state index in [1.807, 2.05) is 0 Å². The summed E-state index contributed by atoms with van der Waals surface area (Å²) in [5.74, 6) is 4.28. The van der Waals surface area contributed by atoms with E-state index in [1.165, 1.54) is 32.1 Å². The van der Waals surface area contributed by atoms with Crippen molar-refractivity contribution in [2.45, 2.75) is 50.6 Å². The van der Waals surface area contributed by atoms with Gasteiger partial charge >= 0.3 is 0 Å². The first-order valence-electron chi connectivity index (χ1n) is 7.35. The van der Waals surface area contributed by atoms with E-state index in [0.29, 0.717) is 12.5 Å². The molecule has 2 bridgehead atoms. The van der Waals surface area contributed by atoms with Crippen molar-refractivity contribution in [2.75, 3.05) is 6.54 Å². The van der Waals surface area contributed by atoms with Crippen LogP contribution in [0.4, 0.5) is 0 Å². The highest BCUT2D eigenvalue weighted by Gasteiger charge is 2.64. The summed E-state index contributed by atoms with van der Waals surface area (Å²) in [7, 11) is 0. The molecule has 0 spiro atoms. The van der Waals surface area contributed by atoms with Gasteiger partial charge in [0.25, 0.3) is 0 Å². The standard InChI is InChI=1S/C14H22N2O/c17-11(16-10-3-4-10)5-6-15-14-12-8-1-2-9(7-8)13(12)14/h8-10,12-15H,1-7H2,(H,16,17). The quantitative estimate of drug-likeness (QED) is 0.752. The maximum absolute atomic E-state index is 11.5. The van der Waals surface area contributed by atoms with Crippen molar-refractivity contribution >= 4 is 5.91 Å². The average Bonchev–Trinajstić information content (AvgIpc) is 3.19. The van der Waals surface area contributed by atoms with E-state index in [-0.39, 0.29) is 5.91 Å². The Balaban J connectivity index is 1.19. The second-order valence-electron chi connectivity index (χ2n) is 6.56. The smallest absolute Gasteiger partial charge is 0.221 e. The number of hydrogen-bond acceptors (Lipinski definition) is 2. The maximum atomic E-state index is 11.5. The Morgan fingerprint density at radius 2 is 1.76 bits per heavy atom. The highest BCUT2D eigenvalue weighted by Crippen LogP contribution is 2.65. The third-order valence-electron chi connectivity index (χ3n) is 5.41. The highest BCUT2D eigenvalue weighted by atomic mass is 16.1. The fourth-order valence-electron chi connectivity index (χ4n) is 4.48. The first kappa shape index (κ1) is 10.4. The van der Waals surface area contributed by atoms with E-state index >= 15 is 0 Å². The summed E-state index contributed by atoms with van der Waals surface area (Å²) in [6, 6.07) is 1.29. The second-order valence-corrected chi connectivity index (χ2v) is 6.56. The summed E-state index contributed by atoms with van der Waals surface area (Å²) in [6.45, 7) is 0.885. The minimum Gasteiger partial charge on any atom is -0.353 e. The molecule has 4 unspecified atom stereocenters. The highest BCUT2D eigenvalue weighted by molar-refractivity contribution is 5.76. The number of amides is 1. The number of carbonyl (C=O) groups is 1. The topological polar surface area (TPSA) is 41.1 Å². The Labute approximate surface area is 103 Å². The monoisotopic (exact) mass is 234 g/mol. The minimum absolute atomic E-state index is 0.244. The van der Waals surface area contributed by atoms with E-state index in [1.54, 1.807) is 0 Å². The lowest BCUT2D eigenvalue weighted by Crippen LogP contribution is -2.31. The summed E-state index contributed by atoms with van der Waals surface area (Å²) >= 11 is 0. The van der Waals surface area contributed by atoms with Crippen LogP contribution in [0.3, 0.4) is 0 Å². The minimum atomic E-state index is 0.244.